The van der Waals surface area contributed by atoms with Crippen molar-refractivity contribution in [3.63, 3.8) is 0 Å². The molecule has 12 nitrogen and oxygen atoms in total. The van der Waals surface area contributed by atoms with Gasteiger partial charge in [-0.05, 0) is 31.0 Å². The molecule has 8 N–H and O–H groups in total. The molecule has 0 fully saturated rings. The number of thiol groups is 1. The van der Waals surface area contributed by atoms with Crippen molar-refractivity contribution in [2.45, 2.75) is 50.4 Å². The Morgan fingerprint density at radius 2 is 1.42 bits per heavy atom. The number of hydrogen-bond donors (Lipinski definition) is 8. The minimum absolute atomic E-state index is 0.0165. The van der Waals surface area contributed by atoms with E-state index in [1.165, 1.54) is 31.2 Å². The molecule has 0 aliphatic heterocycles. The highest BCUT2D eigenvalue weighted by molar-refractivity contribution is 7.80. The Bertz CT molecular complexity index is 862. The zero-order valence-electron chi connectivity index (χ0n) is 17.9. The van der Waals surface area contributed by atoms with Gasteiger partial charge in [-0.15, -0.1) is 0 Å². The smallest absolute Gasteiger partial charge is 0.327 e. The van der Waals surface area contributed by atoms with Crippen LogP contribution in [-0.2, 0) is 30.4 Å². The molecule has 4 unspecified atom stereocenters. The number of benzene rings is 1. The molecule has 0 radical (unpaired) electrons. The predicted octanol–water partition coefficient (Wildman–Crippen LogP) is -1.38. The van der Waals surface area contributed by atoms with E-state index >= 15 is 0 Å². The number of carbonyl (C=O) groups is 5. The zero-order valence-corrected chi connectivity index (χ0v) is 18.7. The van der Waals surface area contributed by atoms with Crippen molar-refractivity contribution >= 4 is 42.3 Å². The van der Waals surface area contributed by atoms with Crippen LogP contribution in [0.3, 0.4) is 0 Å². The highest BCUT2D eigenvalue weighted by Gasteiger charge is 2.30. The van der Waals surface area contributed by atoms with Crippen molar-refractivity contribution in [1.82, 2.24) is 16.0 Å². The molecule has 0 saturated carbocycles. The van der Waals surface area contributed by atoms with Gasteiger partial charge in [0.25, 0.3) is 0 Å². The second kappa shape index (κ2) is 13.3. The number of carbonyl (C=O) groups excluding carboxylic acids is 3. The number of amides is 3. The standard InChI is InChI=1S/C20H28N4O8S/c1-10(21)17(28)22-13(6-7-16(26)27)18(29)23-14(8-11-2-4-12(25)5-3-11)19(30)24-15(9-33)20(31)32/h2-5,10,13-15,25,33H,6-9,21H2,1H3,(H,22,28)(H,23,29)(H,24,30)(H,26,27)(H,31,32). The van der Waals surface area contributed by atoms with Crippen molar-refractivity contribution in [1.29, 1.82) is 0 Å². The number of aromatic hydroxyl groups is 1. The maximum atomic E-state index is 12.9. The predicted molar refractivity (Wildman–Crippen MR) is 120 cm³/mol. The summed E-state index contributed by atoms with van der Waals surface area (Å²) < 4.78 is 0. The lowest BCUT2D eigenvalue weighted by Gasteiger charge is -2.24. The topological polar surface area (TPSA) is 208 Å². The number of aliphatic carboxylic acids is 2. The maximum Gasteiger partial charge on any atom is 0.327 e. The van der Waals surface area contributed by atoms with Crippen LogP contribution in [0.5, 0.6) is 5.75 Å². The highest BCUT2D eigenvalue weighted by atomic mass is 32.1. The van der Waals surface area contributed by atoms with Crippen LogP contribution in [0.1, 0.15) is 25.3 Å². The summed E-state index contributed by atoms with van der Waals surface area (Å²) in [5.74, 6) is -5.10. The molecule has 4 atom stereocenters. The Kier molecular flexibility index (Phi) is 11.2. The first-order chi connectivity index (χ1) is 15.4. The Morgan fingerprint density at radius 1 is 0.909 bits per heavy atom. The summed E-state index contributed by atoms with van der Waals surface area (Å²) in [6.45, 7) is 1.38. The van der Waals surface area contributed by atoms with Crippen LogP contribution in [0.4, 0.5) is 0 Å². The molecule has 182 valence electrons. The van der Waals surface area contributed by atoms with Gasteiger partial charge in [0.1, 0.15) is 23.9 Å². The van der Waals surface area contributed by atoms with E-state index in [9.17, 15) is 34.2 Å². The molecular formula is C20H28N4O8S. The lowest BCUT2D eigenvalue weighted by atomic mass is 10.0. The molecule has 13 heteroatoms. The first kappa shape index (κ1) is 27.7. The van der Waals surface area contributed by atoms with E-state index in [1.807, 2.05) is 0 Å². The van der Waals surface area contributed by atoms with Gasteiger partial charge in [0.2, 0.25) is 17.7 Å². The van der Waals surface area contributed by atoms with Gasteiger partial charge in [-0.2, -0.15) is 12.6 Å². The van der Waals surface area contributed by atoms with E-state index in [2.05, 4.69) is 28.6 Å². The number of phenols is 1. The fourth-order valence-corrected chi connectivity index (χ4v) is 2.89. The van der Waals surface area contributed by atoms with E-state index in [-0.39, 0.29) is 24.3 Å². The van der Waals surface area contributed by atoms with E-state index in [0.717, 1.165) is 0 Å². The molecule has 33 heavy (non-hydrogen) atoms. The Labute approximate surface area is 195 Å². The van der Waals surface area contributed by atoms with Crippen molar-refractivity contribution in [2.75, 3.05) is 5.75 Å². The molecule has 3 amide bonds. The molecule has 0 heterocycles. The molecule has 1 aromatic carbocycles. The fraction of sp³-hybridized carbons (Fsp3) is 0.450. The first-order valence-corrected chi connectivity index (χ1v) is 10.6. The zero-order chi connectivity index (χ0) is 25.1. The molecule has 0 aromatic heterocycles. The molecule has 0 aliphatic carbocycles. The van der Waals surface area contributed by atoms with Gasteiger partial charge in [0.15, 0.2) is 0 Å². The molecule has 0 bridgehead atoms. The summed E-state index contributed by atoms with van der Waals surface area (Å²) in [6, 6.07) is 0.910. The molecule has 1 aromatic rings. The van der Waals surface area contributed by atoms with Gasteiger partial charge in [-0.3, -0.25) is 19.2 Å². The molecule has 1 rings (SSSR count). The molecule has 0 aliphatic rings. The van der Waals surface area contributed by atoms with Gasteiger partial charge in [-0.25, -0.2) is 4.79 Å². The van der Waals surface area contributed by atoms with Crippen molar-refractivity contribution < 1.29 is 39.3 Å². The van der Waals surface area contributed by atoms with Crippen LogP contribution in [0.2, 0.25) is 0 Å². The third-order valence-corrected chi connectivity index (χ3v) is 4.86. The SMILES string of the molecule is CC(N)C(=O)NC(CCC(=O)O)C(=O)NC(Cc1ccc(O)cc1)C(=O)NC(CS)C(=O)O. The second-order valence-electron chi connectivity index (χ2n) is 7.30. The number of rotatable bonds is 13. The number of nitrogens with two attached hydrogens (primary N) is 1. The highest BCUT2D eigenvalue weighted by Crippen LogP contribution is 2.12. The van der Waals surface area contributed by atoms with Crippen molar-refractivity contribution in [3.8, 4) is 5.75 Å². The normalized spacial score (nSPS) is 14.3. The minimum atomic E-state index is -1.32. The molecule has 0 spiro atoms. The number of nitrogens with one attached hydrogen (secondary N) is 3. The monoisotopic (exact) mass is 484 g/mol. The maximum absolute atomic E-state index is 12.9. The Morgan fingerprint density at radius 3 is 1.91 bits per heavy atom. The average Bonchev–Trinajstić information content (AvgIpc) is 2.74. The van der Waals surface area contributed by atoms with Crippen LogP contribution < -0.4 is 21.7 Å². The fourth-order valence-electron chi connectivity index (χ4n) is 2.65. The summed E-state index contributed by atoms with van der Waals surface area (Å²) in [7, 11) is 0. The van der Waals surface area contributed by atoms with Crippen molar-refractivity contribution in [3.05, 3.63) is 29.8 Å². The summed E-state index contributed by atoms with van der Waals surface area (Å²) in [5, 5.41) is 34.6. The number of hydrogen-bond acceptors (Lipinski definition) is 8. The summed E-state index contributed by atoms with van der Waals surface area (Å²) in [6.07, 6.45) is -0.780. The van der Waals surface area contributed by atoms with Gasteiger partial charge in [0, 0.05) is 18.6 Å². The minimum Gasteiger partial charge on any atom is -0.508 e. The van der Waals surface area contributed by atoms with E-state index < -0.39 is 60.2 Å². The van der Waals surface area contributed by atoms with Crippen LogP contribution in [-0.4, -0.2) is 74.9 Å². The first-order valence-electron chi connectivity index (χ1n) is 9.94. The van der Waals surface area contributed by atoms with E-state index in [0.29, 0.717) is 5.56 Å². The number of carboxylic acids is 2. The summed E-state index contributed by atoms with van der Waals surface area (Å²) in [4.78, 5) is 59.8. The Hall–Kier alpha value is -3.32. The summed E-state index contributed by atoms with van der Waals surface area (Å²) in [5.41, 5.74) is 6.03. The lowest BCUT2D eigenvalue weighted by molar-refractivity contribution is -0.141. The van der Waals surface area contributed by atoms with Gasteiger partial charge >= 0.3 is 11.9 Å². The largest absolute Gasteiger partial charge is 0.508 e. The van der Waals surface area contributed by atoms with Crippen LogP contribution >= 0.6 is 12.6 Å². The number of carboxylic acid groups (broad SMARTS) is 2. The van der Waals surface area contributed by atoms with Crippen LogP contribution in [0.25, 0.3) is 0 Å². The third-order valence-electron chi connectivity index (χ3n) is 4.50. The summed E-state index contributed by atoms with van der Waals surface area (Å²) >= 11 is 3.89. The average molecular weight is 485 g/mol. The molecular weight excluding hydrogens is 456 g/mol. The van der Waals surface area contributed by atoms with Crippen LogP contribution in [0.15, 0.2) is 24.3 Å². The lowest BCUT2D eigenvalue weighted by Crippen LogP contribution is -2.57. The van der Waals surface area contributed by atoms with Gasteiger partial charge in [0.05, 0.1) is 6.04 Å². The number of phenolic OH excluding ortho intramolecular Hbond substituents is 1. The quantitative estimate of drug-likeness (QED) is 0.155. The molecule has 0 saturated heterocycles. The third kappa shape index (κ3) is 9.78. The van der Waals surface area contributed by atoms with E-state index in [1.54, 1.807) is 0 Å². The van der Waals surface area contributed by atoms with Crippen molar-refractivity contribution in [2.24, 2.45) is 5.73 Å². The van der Waals surface area contributed by atoms with Gasteiger partial charge < -0.3 is 37.0 Å². The Balaban J connectivity index is 3.11. The second-order valence-corrected chi connectivity index (χ2v) is 7.66. The van der Waals surface area contributed by atoms with Crippen LogP contribution in [0, 0.1) is 0 Å². The van der Waals surface area contributed by atoms with E-state index in [4.69, 9.17) is 10.8 Å². The van der Waals surface area contributed by atoms with Gasteiger partial charge in [-0.1, -0.05) is 12.1 Å².